The maximum Gasteiger partial charge on any atom is 0.244 e. The number of piperidine rings is 3. The number of ether oxygens (including phenoxy) is 1. The molecule has 3 aliphatic rings. The van der Waals surface area contributed by atoms with Crippen LogP contribution in [0, 0.1) is 5.92 Å². The molecule has 2 bridgehead atoms. The summed E-state index contributed by atoms with van der Waals surface area (Å²) in [4.78, 5) is 15.5. The molecule has 4 nitrogen and oxygen atoms in total. The molecule has 3 fully saturated rings. The van der Waals surface area contributed by atoms with E-state index < -0.39 is 0 Å². The summed E-state index contributed by atoms with van der Waals surface area (Å²) in [5, 5.41) is 4.98. The van der Waals surface area contributed by atoms with E-state index >= 15 is 0 Å². The lowest BCUT2D eigenvalue weighted by atomic mass is 9.84. The SMILES string of the molecule is COc1ccccc1S/C=C\C(=O)N[C@H]1CN2CCC1CC2. The fraction of sp³-hybridized carbons (Fsp3) is 0.471. The van der Waals surface area contributed by atoms with Gasteiger partial charge in [-0.05, 0) is 49.4 Å². The van der Waals surface area contributed by atoms with E-state index in [1.165, 1.54) is 37.7 Å². The van der Waals surface area contributed by atoms with Gasteiger partial charge in [0, 0.05) is 18.7 Å². The van der Waals surface area contributed by atoms with E-state index in [2.05, 4.69) is 10.2 Å². The summed E-state index contributed by atoms with van der Waals surface area (Å²) in [7, 11) is 1.66. The summed E-state index contributed by atoms with van der Waals surface area (Å²) in [6, 6.07) is 8.12. The van der Waals surface area contributed by atoms with Crippen molar-refractivity contribution >= 4 is 17.7 Å². The van der Waals surface area contributed by atoms with Gasteiger partial charge in [-0.25, -0.2) is 0 Å². The Morgan fingerprint density at radius 3 is 2.82 bits per heavy atom. The molecule has 0 saturated carbocycles. The van der Waals surface area contributed by atoms with Crippen LogP contribution in [0.2, 0.25) is 0 Å². The van der Waals surface area contributed by atoms with E-state index in [-0.39, 0.29) is 5.91 Å². The van der Waals surface area contributed by atoms with Crippen LogP contribution in [-0.2, 0) is 4.79 Å². The maximum absolute atomic E-state index is 12.1. The van der Waals surface area contributed by atoms with Gasteiger partial charge in [0.15, 0.2) is 0 Å². The third-order valence-electron chi connectivity index (χ3n) is 4.47. The van der Waals surface area contributed by atoms with Crippen LogP contribution in [0.5, 0.6) is 5.75 Å². The topological polar surface area (TPSA) is 41.6 Å². The second kappa shape index (κ2) is 7.20. The molecule has 0 aliphatic carbocycles. The third-order valence-corrected chi connectivity index (χ3v) is 5.33. The Kier molecular flexibility index (Phi) is 5.05. The highest BCUT2D eigenvalue weighted by molar-refractivity contribution is 8.02. The number of amides is 1. The summed E-state index contributed by atoms with van der Waals surface area (Å²) < 4.78 is 5.30. The number of carbonyl (C=O) groups is 1. The molecular formula is C17H22N2O2S. The van der Waals surface area contributed by atoms with Crippen LogP contribution in [0.1, 0.15) is 12.8 Å². The standard InChI is InChI=1S/C17H22N2O2S/c1-21-15-4-2-3-5-16(15)22-11-8-17(20)18-14-12-19-9-6-13(14)7-10-19/h2-5,8,11,13-14H,6-7,9-10,12H2,1H3,(H,18,20)/b11-8-/t14-/m0/s1. The second-order valence-corrected chi connectivity index (χ2v) is 6.77. The molecule has 1 aromatic rings. The van der Waals surface area contributed by atoms with Gasteiger partial charge >= 0.3 is 0 Å². The van der Waals surface area contributed by atoms with Crippen molar-refractivity contribution in [1.29, 1.82) is 0 Å². The lowest BCUT2D eigenvalue weighted by molar-refractivity contribution is -0.118. The number of para-hydroxylation sites is 1. The van der Waals surface area contributed by atoms with Crippen molar-refractivity contribution in [2.45, 2.75) is 23.8 Å². The van der Waals surface area contributed by atoms with Crippen molar-refractivity contribution in [3.05, 3.63) is 35.7 Å². The molecule has 3 saturated heterocycles. The lowest BCUT2D eigenvalue weighted by Crippen LogP contribution is -2.57. The first-order chi connectivity index (χ1) is 10.8. The predicted octanol–water partition coefficient (Wildman–Crippen LogP) is 2.51. The highest BCUT2D eigenvalue weighted by Crippen LogP contribution is 2.29. The molecule has 0 radical (unpaired) electrons. The number of methoxy groups -OCH3 is 1. The summed E-state index contributed by atoms with van der Waals surface area (Å²) in [5.41, 5.74) is 0. The first-order valence-corrected chi connectivity index (χ1v) is 8.63. The summed E-state index contributed by atoms with van der Waals surface area (Å²) in [6.45, 7) is 3.39. The van der Waals surface area contributed by atoms with Crippen molar-refractivity contribution in [1.82, 2.24) is 10.2 Å². The number of thioether (sulfide) groups is 1. The number of benzene rings is 1. The van der Waals surface area contributed by atoms with E-state index in [1.54, 1.807) is 13.2 Å². The van der Waals surface area contributed by atoms with E-state index in [1.807, 2.05) is 29.7 Å². The monoisotopic (exact) mass is 318 g/mol. The average Bonchev–Trinajstić information content (AvgIpc) is 2.56. The number of fused-ring (bicyclic) bond motifs is 3. The smallest absolute Gasteiger partial charge is 0.244 e. The van der Waals surface area contributed by atoms with Crippen LogP contribution < -0.4 is 10.1 Å². The van der Waals surface area contributed by atoms with Crippen LogP contribution in [0.15, 0.2) is 40.6 Å². The van der Waals surface area contributed by atoms with Crippen molar-refractivity contribution in [3.8, 4) is 5.75 Å². The molecule has 1 atom stereocenters. The fourth-order valence-electron chi connectivity index (χ4n) is 3.24. The summed E-state index contributed by atoms with van der Waals surface area (Å²) in [5.74, 6) is 1.49. The zero-order valence-electron chi connectivity index (χ0n) is 12.8. The summed E-state index contributed by atoms with van der Waals surface area (Å²) >= 11 is 1.50. The van der Waals surface area contributed by atoms with E-state index in [0.717, 1.165) is 17.2 Å². The zero-order chi connectivity index (χ0) is 15.4. The average molecular weight is 318 g/mol. The van der Waals surface area contributed by atoms with Gasteiger partial charge in [-0.15, -0.1) is 0 Å². The van der Waals surface area contributed by atoms with Gasteiger partial charge in [0.25, 0.3) is 0 Å². The third kappa shape index (κ3) is 3.65. The molecule has 3 aliphatic heterocycles. The number of nitrogens with zero attached hydrogens (tertiary/aromatic N) is 1. The Morgan fingerprint density at radius 2 is 2.14 bits per heavy atom. The highest BCUT2D eigenvalue weighted by Gasteiger charge is 2.34. The molecule has 0 unspecified atom stereocenters. The van der Waals surface area contributed by atoms with E-state index in [4.69, 9.17) is 4.74 Å². The molecule has 1 amide bonds. The van der Waals surface area contributed by atoms with Crippen LogP contribution in [-0.4, -0.2) is 43.6 Å². The van der Waals surface area contributed by atoms with Crippen molar-refractivity contribution in [2.24, 2.45) is 5.92 Å². The molecule has 1 N–H and O–H groups in total. The van der Waals surface area contributed by atoms with Crippen molar-refractivity contribution < 1.29 is 9.53 Å². The first kappa shape index (κ1) is 15.4. The molecule has 5 heteroatoms. The molecule has 118 valence electrons. The normalized spacial score (nSPS) is 27.0. The van der Waals surface area contributed by atoms with Gasteiger partial charge in [-0.3, -0.25) is 4.79 Å². The Hall–Kier alpha value is -1.46. The van der Waals surface area contributed by atoms with Gasteiger partial charge in [0.05, 0.1) is 12.0 Å². The molecule has 0 spiro atoms. The minimum absolute atomic E-state index is 0.00106. The van der Waals surface area contributed by atoms with Crippen LogP contribution in [0.3, 0.4) is 0 Å². The van der Waals surface area contributed by atoms with Crippen LogP contribution in [0.25, 0.3) is 0 Å². The second-order valence-electron chi connectivity index (χ2n) is 5.82. The largest absolute Gasteiger partial charge is 0.496 e. The van der Waals surface area contributed by atoms with E-state index in [0.29, 0.717) is 12.0 Å². The lowest BCUT2D eigenvalue weighted by Gasteiger charge is -2.44. The molecule has 22 heavy (non-hydrogen) atoms. The Bertz CT molecular complexity index is 553. The molecule has 3 heterocycles. The number of hydrogen-bond donors (Lipinski definition) is 1. The Labute approximate surface area is 135 Å². The van der Waals surface area contributed by atoms with Gasteiger partial charge in [-0.1, -0.05) is 23.9 Å². The van der Waals surface area contributed by atoms with Gasteiger partial charge < -0.3 is 15.0 Å². The van der Waals surface area contributed by atoms with E-state index in [9.17, 15) is 4.79 Å². The Balaban J connectivity index is 1.51. The quantitative estimate of drug-likeness (QED) is 0.669. The maximum atomic E-state index is 12.1. The van der Waals surface area contributed by atoms with Gasteiger partial charge in [-0.2, -0.15) is 0 Å². The number of rotatable bonds is 5. The first-order valence-electron chi connectivity index (χ1n) is 7.75. The fourth-order valence-corrected chi connectivity index (χ4v) is 4.01. The Morgan fingerprint density at radius 1 is 1.36 bits per heavy atom. The molecule has 4 rings (SSSR count). The predicted molar refractivity (Wildman–Crippen MR) is 89.1 cm³/mol. The van der Waals surface area contributed by atoms with Crippen LogP contribution >= 0.6 is 11.8 Å². The van der Waals surface area contributed by atoms with Crippen molar-refractivity contribution in [3.63, 3.8) is 0 Å². The van der Waals surface area contributed by atoms with Crippen molar-refractivity contribution in [2.75, 3.05) is 26.7 Å². The minimum Gasteiger partial charge on any atom is -0.496 e. The summed E-state index contributed by atoms with van der Waals surface area (Å²) in [6.07, 6.45) is 4.05. The molecule has 0 aromatic heterocycles. The number of carbonyl (C=O) groups excluding carboxylic acids is 1. The minimum atomic E-state index is 0.00106. The van der Waals surface area contributed by atoms with Gasteiger partial charge in [0.2, 0.25) is 5.91 Å². The number of hydrogen-bond acceptors (Lipinski definition) is 4. The molecular weight excluding hydrogens is 296 g/mol. The number of nitrogens with one attached hydrogen (secondary N) is 1. The van der Waals surface area contributed by atoms with Gasteiger partial charge in [0.1, 0.15) is 5.75 Å². The zero-order valence-corrected chi connectivity index (χ0v) is 13.6. The highest BCUT2D eigenvalue weighted by atomic mass is 32.2. The van der Waals surface area contributed by atoms with Crippen LogP contribution in [0.4, 0.5) is 0 Å². The molecule has 1 aromatic carbocycles.